The molecule has 3 rings (SSSR count). The highest BCUT2D eigenvalue weighted by molar-refractivity contribution is 14.0. The summed E-state index contributed by atoms with van der Waals surface area (Å²) in [6, 6.07) is 10.4. The number of rotatable bonds is 9. The Bertz CT molecular complexity index is 825. The van der Waals surface area contributed by atoms with Crippen LogP contribution < -0.4 is 15.5 Å². The first-order valence-corrected chi connectivity index (χ1v) is 10.8. The van der Waals surface area contributed by atoms with E-state index >= 15 is 0 Å². The number of aromatic nitrogens is 1. The molecule has 0 bridgehead atoms. The summed E-state index contributed by atoms with van der Waals surface area (Å²) >= 11 is 0. The van der Waals surface area contributed by atoms with Gasteiger partial charge in [0.05, 0.1) is 5.52 Å². The number of aliphatic imine (C=N–C) groups is 1. The fraction of sp³-hybridized carbons (Fsp3) is 0.565. The molecular formula is C23H36IN5O2. The number of hydrogen-bond donors (Lipinski definition) is 2. The zero-order chi connectivity index (χ0) is 21.2. The molecule has 0 aliphatic carbocycles. The molecule has 0 amide bonds. The Morgan fingerprint density at radius 2 is 2.00 bits per heavy atom. The molecule has 31 heavy (non-hydrogen) atoms. The van der Waals surface area contributed by atoms with Crippen LogP contribution in [0.3, 0.4) is 0 Å². The predicted octanol–water partition coefficient (Wildman–Crippen LogP) is 3.42. The lowest BCUT2D eigenvalue weighted by atomic mass is 10.0. The Balaban J connectivity index is 0.00000341. The molecule has 0 unspecified atom stereocenters. The van der Waals surface area contributed by atoms with E-state index < -0.39 is 0 Å². The molecule has 0 atom stereocenters. The first-order valence-electron chi connectivity index (χ1n) is 10.8. The van der Waals surface area contributed by atoms with Crippen molar-refractivity contribution in [2.45, 2.75) is 25.8 Å². The van der Waals surface area contributed by atoms with Gasteiger partial charge in [-0.3, -0.25) is 4.99 Å². The third kappa shape index (κ3) is 8.08. The van der Waals surface area contributed by atoms with Crippen LogP contribution in [0.1, 0.15) is 24.8 Å². The summed E-state index contributed by atoms with van der Waals surface area (Å²) in [5.74, 6) is 2.41. The SMILES string of the molecule is CN=C(NCCCOCC1CCOCC1)NCc1cc(N(C)C)nc2ccccc12.I. The Morgan fingerprint density at radius 3 is 2.74 bits per heavy atom. The number of nitrogens with one attached hydrogen (secondary N) is 2. The van der Waals surface area contributed by atoms with Crippen LogP contribution in [0.5, 0.6) is 0 Å². The van der Waals surface area contributed by atoms with E-state index in [4.69, 9.17) is 14.5 Å². The lowest BCUT2D eigenvalue weighted by Crippen LogP contribution is -2.37. The smallest absolute Gasteiger partial charge is 0.191 e. The molecule has 0 radical (unpaired) electrons. The number of hydrogen-bond acceptors (Lipinski definition) is 5. The standard InChI is InChI=1S/C23H35N5O2.HI/c1-24-23(25-11-6-12-30-17-18-9-13-29-14-10-18)26-16-19-15-22(28(2)3)27-21-8-5-4-7-20(19)21;/h4-5,7-8,15,18H,6,9-14,16-17H2,1-3H3,(H2,24,25,26);1H. The molecule has 1 aromatic carbocycles. The van der Waals surface area contributed by atoms with Crippen LogP contribution >= 0.6 is 24.0 Å². The Morgan fingerprint density at radius 1 is 1.23 bits per heavy atom. The Labute approximate surface area is 203 Å². The minimum atomic E-state index is 0. The van der Waals surface area contributed by atoms with Crippen molar-refractivity contribution in [2.75, 3.05) is 59.0 Å². The average molecular weight is 541 g/mol. The lowest BCUT2D eigenvalue weighted by Gasteiger charge is -2.21. The number of guanidine groups is 1. The van der Waals surface area contributed by atoms with Crippen molar-refractivity contribution in [1.29, 1.82) is 0 Å². The highest BCUT2D eigenvalue weighted by Gasteiger charge is 2.13. The van der Waals surface area contributed by atoms with Crippen LogP contribution in [0.2, 0.25) is 0 Å². The van der Waals surface area contributed by atoms with E-state index in [1.165, 1.54) is 5.56 Å². The van der Waals surface area contributed by atoms with Gasteiger partial charge in [0, 0.05) is 66.0 Å². The first-order chi connectivity index (χ1) is 14.7. The molecule has 1 aromatic heterocycles. The van der Waals surface area contributed by atoms with Gasteiger partial charge in [0.15, 0.2) is 5.96 Å². The predicted molar refractivity (Wildman–Crippen MR) is 139 cm³/mol. The van der Waals surface area contributed by atoms with Gasteiger partial charge in [-0.2, -0.15) is 0 Å². The van der Waals surface area contributed by atoms with E-state index in [2.05, 4.69) is 39.9 Å². The molecule has 172 valence electrons. The molecule has 2 heterocycles. The zero-order valence-corrected chi connectivity index (χ0v) is 21.2. The lowest BCUT2D eigenvalue weighted by molar-refractivity contribution is 0.0203. The number of anilines is 1. The number of para-hydroxylation sites is 1. The maximum atomic E-state index is 5.83. The van der Waals surface area contributed by atoms with E-state index in [1.807, 2.05) is 25.1 Å². The highest BCUT2D eigenvalue weighted by Crippen LogP contribution is 2.22. The normalized spacial score (nSPS) is 14.9. The molecule has 0 saturated carbocycles. The van der Waals surface area contributed by atoms with Crippen LogP contribution in [0.4, 0.5) is 5.82 Å². The van der Waals surface area contributed by atoms with Gasteiger partial charge < -0.3 is 25.0 Å². The fourth-order valence-electron chi connectivity index (χ4n) is 3.55. The van der Waals surface area contributed by atoms with Crippen LogP contribution in [-0.2, 0) is 16.0 Å². The number of halogens is 1. The van der Waals surface area contributed by atoms with E-state index in [-0.39, 0.29) is 24.0 Å². The molecule has 1 fully saturated rings. The molecular weight excluding hydrogens is 505 g/mol. The van der Waals surface area contributed by atoms with Gasteiger partial charge in [0.1, 0.15) is 5.82 Å². The van der Waals surface area contributed by atoms with E-state index in [9.17, 15) is 0 Å². The summed E-state index contributed by atoms with van der Waals surface area (Å²) in [6.45, 7) is 4.88. The maximum absolute atomic E-state index is 5.83. The number of fused-ring (bicyclic) bond motifs is 1. The van der Waals surface area contributed by atoms with Gasteiger partial charge >= 0.3 is 0 Å². The topological polar surface area (TPSA) is 71.0 Å². The van der Waals surface area contributed by atoms with Gasteiger partial charge in [-0.05, 0) is 42.9 Å². The monoisotopic (exact) mass is 541 g/mol. The van der Waals surface area contributed by atoms with Crippen molar-refractivity contribution < 1.29 is 9.47 Å². The number of benzene rings is 1. The van der Waals surface area contributed by atoms with Gasteiger partial charge in [-0.1, -0.05) is 18.2 Å². The quantitative estimate of drug-likeness (QED) is 0.220. The fourth-order valence-corrected chi connectivity index (χ4v) is 3.55. The summed E-state index contributed by atoms with van der Waals surface area (Å²) < 4.78 is 11.2. The number of nitrogens with zero attached hydrogens (tertiary/aromatic N) is 3. The number of pyridine rings is 1. The van der Waals surface area contributed by atoms with Crippen molar-refractivity contribution in [3.05, 3.63) is 35.9 Å². The molecule has 1 aliphatic heterocycles. The second-order valence-electron chi connectivity index (χ2n) is 7.89. The highest BCUT2D eigenvalue weighted by atomic mass is 127. The third-order valence-corrected chi connectivity index (χ3v) is 5.37. The molecule has 2 N–H and O–H groups in total. The second kappa shape index (κ2) is 13.7. The number of ether oxygens (including phenoxy) is 2. The van der Waals surface area contributed by atoms with E-state index in [0.29, 0.717) is 12.5 Å². The maximum Gasteiger partial charge on any atom is 0.191 e. The summed E-state index contributed by atoms with van der Waals surface area (Å²) in [7, 11) is 5.82. The summed E-state index contributed by atoms with van der Waals surface area (Å²) in [5.41, 5.74) is 2.21. The van der Waals surface area contributed by atoms with Crippen molar-refractivity contribution in [2.24, 2.45) is 10.9 Å². The van der Waals surface area contributed by atoms with Crippen molar-refractivity contribution in [3.8, 4) is 0 Å². The van der Waals surface area contributed by atoms with Crippen LogP contribution in [0, 0.1) is 5.92 Å². The van der Waals surface area contributed by atoms with Crippen LogP contribution in [0.15, 0.2) is 35.3 Å². The minimum absolute atomic E-state index is 0. The molecule has 2 aromatic rings. The van der Waals surface area contributed by atoms with Gasteiger partial charge in [0.25, 0.3) is 0 Å². The van der Waals surface area contributed by atoms with Gasteiger partial charge in [0.2, 0.25) is 0 Å². The third-order valence-electron chi connectivity index (χ3n) is 5.37. The van der Waals surface area contributed by atoms with Crippen molar-refractivity contribution in [3.63, 3.8) is 0 Å². The van der Waals surface area contributed by atoms with Crippen molar-refractivity contribution in [1.82, 2.24) is 15.6 Å². The van der Waals surface area contributed by atoms with E-state index in [1.54, 1.807) is 7.05 Å². The molecule has 1 saturated heterocycles. The summed E-state index contributed by atoms with van der Waals surface area (Å²) in [5, 5.41) is 7.96. The van der Waals surface area contributed by atoms with Crippen LogP contribution in [-0.4, -0.2) is 65.1 Å². The molecule has 1 aliphatic rings. The Hall–Kier alpha value is -1.65. The second-order valence-corrected chi connectivity index (χ2v) is 7.89. The molecule has 8 heteroatoms. The molecule has 7 nitrogen and oxygen atoms in total. The average Bonchev–Trinajstić information content (AvgIpc) is 2.78. The van der Waals surface area contributed by atoms with E-state index in [0.717, 1.165) is 74.9 Å². The Kier molecular flexibility index (Phi) is 11.3. The van der Waals surface area contributed by atoms with Gasteiger partial charge in [-0.15, -0.1) is 24.0 Å². The summed E-state index contributed by atoms with van der Waals surface area (Å²) in [6.07, 6.45) is 3.19. The zero-order valence-electron chi connectivity index (χ0n) is 18.9. The minimum Gasteiger partial charge on any atom is -0.381 e. The van der Waals surface area contributed by atoms with Gasteiger partial charge in [-0.25, -0.2) is 4.98 Å². The molecule has 0 spiro atoms. The van der Waals surface area contributed by atoms with Crippen molar-refractivity contribution >= 4 is 46.7 Å². The van der Waals surface area contributed by atoms with Crippen LogP contribution in [0.25, 0.3) is 10.9 Å². The largest absolute Gasteiger partial charge is 0.381 e. The first kappa shape index (κ1) is 25.6. The summed E-state index contributed by atoms with van der Waals surface area (Å²) in [4.78, 5) is 11.1.